The third kappa shape index (κ3) is 180. The van der Waals surface area contributed by atoms with Crippen molar-refractivity contribution < 1.29 is 356 Å². The average molecular weight is 1890 g/mol. The van der Waals surface area contributed by atoms with Gasteiger partial charge in [-0.05, 0) is 66.8 Å². The van der Waals surface area contributed by atoms with Crippen molar-refractivity contribution in [3.8, 4) is 23.0 Å². The topological polar surface area (TPSA) is 154 Å². The Bertz CT molecular complexity index is 951. The molecule has 0 atom stereocenters. The minimum Gasteiger partial charge on any atom is -0.504 e. The summed E-state index contributed by atoms with van der Waals surface area (Å²) < 4.78 is 10.2. The zero-order valence-corrected chi connectivity index (χ0v) is 89.3. The minimum atomic E-state index is -0.131. The van der Waals surface area contributed by atoms with E-state index in [2.05, 4.69) is 0 Å². The summed E-state index contributed by atoms with van der Waals surface area (Å²) in [6.07, 6.45) is 1.86. The van der Waals surface area contributed by atoms with Crippen molar-refractivity contribution in [3.63, 3.8) is 0 Å². The predicted octanol–water partition coefficient (Wildman–Crippen LogP) is 22.4. The van der Waals surface area contributed by atoms with Gasteiger partial charge in [0.05, 0.1) is 20.6 Å². The van der Waals surface area contributed by atoms with E-state index in [1.54, 1.807) is 24.3 Å². The summed E-state index contributed by atoms with van der Waals surface area (Å²) in [6.45, 7) is 72.4. The van der Waals surface area contributed by atoms with Gasteiger partial charge in [-0.15, -0.1) is 0 Å². The average Bonchev–Trinajstić information content (AvgIpc) is 3.46. The molecule has 0 aromatic heterocycles. The maximum atomic E-state index is 12.3. The number of ketones is 2. The summed E-state index contributed by atoms with van der Waals surface area (Å²) >= 11 is 0. The standard InChI is InChI=1S/C23H29NO6.18C2H6.CH4.CH3.H3N.10Y/c1-29-22-11-15(4-8-20(22)27)3-6-18(25)14-19(26)7-5-16-13-23(30-2)21(28)12-17(16)9-10-24;18*1-2;;;;;;;;;;;;;/h4,8,11-13,27-28H,3,5-7,9-10,14,24H2,1-2H3;18*1-2H3;1H4;2*1H3;;;;;;;;;;/q;;;;;;;;;;;;;;;;;;;;-1;;;;;;;;;;;. The van der Waals surface area contributed by atoms with Crippen LogP contribution in [0.15, 0.2) is 30.3 Å². The Morgan fingerprint density at radius 3 is 0.848 bits per heavy atom. The van der Waals surface area contributed by atoms with E-state index in [-0.39, 0.29) is 390 Å². The van der Waals surface area contributed by atoms with E-state index in [4.69, 9.17) is 15.2 Å². The molecule has 18 heteroatoms. The number of benzene rings is 2. The number of phenolic OH excluding ortho intramolecular Hbond substituents is 2. The summed E-state index contributed by atoms with van der Waals surface area (Å²) in [5, 5.41) is 19.6. The van der Waals surface area contributed by atoms with Gasteiger partial charge in [0.2, 0.25) is 0 Å². The van der Waals surface area contributed by atoms with E-state index in [0.717, 1.165) is 16.7 Å². The molecule has 0 unspecified atom stereocenters. The SMILES string of the molecule is C.CC.CC.CC.CC.CC.CC.CC.CC.CC.CC.CC.CC.CC.CC.CC.CC.CC.CC.COc1cc(CCC(=O)CC(=O)CCc2cc(OC)c(O)cc2CCN)ccc1O.N.[CH3-].[Y].[Y].[Y].[Y].[Y].[Y].[Y].[Y].[Y].[Y]. The third-order valence-electron chi connectivity index (χ3n) is 4.92. The number of ether oxygens (including phenoxy) is 2. The number of rotatable bonds is 12. The Morgan fingerprint density at radius 2 is 0.608 bits per heavy atom. The molecule has 0 aliphatic rings. The van der Waals surface area contributed by atoms with Crippen LogP contribution in [0, 0.1) is 7.43 Å². The van der Waals surface area contributed by atoms with Gasteiger partial charge in [-0.1, -0.05) is 263 Å². The van der Waals surface area contributed by atoms with Gasteiger partial charge in [-0.3, -0.25) is 9.59 Å². The molecule has 0 amide bonds. The summed E-state index contributed by atoms with van der Waals surface area (Å²) in [7, 11) is 2.93. The Morgan fingerprint density at radius 1 is 0.380 bits per heavy atom. The number of hydrogen-bond donors (Lipinski definition) is 4. The van der Waals surface area contributed by atoms with Crippen molar-refractivity contribution in [3.05, 3.63) is 54.4 Å². The van der Waals surface area contributed by atoms with Crippen LogP contribution in [0.3, 0.4) is 0 Å². The number of carbonyl (C=O) groups excluding carboxylic acids is 2. The first-order valence-corrected chi connectivity index (χ1v) is 27.9. The van der Waals surface area contributed by atoms with E-state index in [0.29, 0.717) is 37.3 Å². The van der Waals surface area contributed by atoms with E-state index in [9.17, 15) is 19.8 Å². The molecule has 0 saturated heterocycles. The maximum Gasteiger partial charge on any atom is 0.160 e. The fraction of sp³-hybridized carbons (Fsp3) is 0.754. The number of phenols is 2. The molecular formula is C61H147N2O6Y10-. The molecule has 0 saturated carbocycles. The first-order valence-electron chi connectivity index (χ1n) is 27.9. The number of aromatic hydroxyl groups is 2. The maximum absolute atomic E-state index is 12.3. The monoisotopic (exact) mass is 1890 g/mol. The van der Waals surface area contributed by atoms with Crippen LogP contribution in [-0.4, -0.2) is 42.5 Å². The molecule has 0 aliphatic carbocycles. The largest absolute Gasteiger partial charge is 0.504 e. The number of carbonyl (C=O) groups is 2. The summed E-state index contributed by atoms with van der Waals surface area (Å²) in [6, 6.07) is 8.26. The van der Waals surface area contributed by atoms with Crippen LogP contribution in [0.4, 0.5) is 0 Å². The zero-order valence-electron chi connectivity index (χ0n) is 60.9. The summed E-state index contributed by atoms with van der Waals surface area (Å²) in [4.78, 5) is 24.5. The second-order valence-corrected chi connectivity index (χ2v) is 7.09. The molecular weight excluding hydrogens is 1750 g/mol. The Hall–Kier alpha value is 7.94. The van der Waals surface area contributed by atoms with Crippen molar-refractivity contribution in [2.24, 2.45) is 5.73 Å². The first kappa shape index (κ1) is 198. The van der Waals surface area contributed by atoms with Crippen molar-refractivity contribution >= 4 is 11.6 Å². The van der Waals surface area contributed by atoms with E-state index in [1.807, 2.05) is 249 Å². The molecule has 10 radical (unpaired) electrons. The van der Waals surface area contributed by atoms with Crippen molar-refractivity contribution in [1.82, 2.24) is 6.15 Å². The molecule has 2 aromatic rings. The Labute approximate surface area is 758 Å². The van der Waals surface area contributed by atoms with Gasteiger partial charge in [-0.25, -0.2) is 0 Å². The molecule has 468 valence electrons. The number of hydrogen-bond acceptors (Lipinski definition) is 8. The van der Waals surface area contributed by atoms with Crippen molar-refractivity contribution in [2.75, 3.05) is 20.8 Å². The molecule has 0 aliphatic heterocycles. The fourth-order valence-corrected chi connectivity index (χ4v) is 3.27. The second-order valence-electron chi connectivity index (χ2n) is 7.09. The quantitative estimate of drug-likeness (QED) is 0.121. The minimum absolute atomic E-state index is 0. The third-order valence-corrected chi connectivity index (χ3v) is 4.92. The zero-order chi connectivity index (χ0) is 58.1. The Kier molecular flexibility index (Phi) is 649. The summed E-state index contributed by atoms with van der Waals surface area (Å²) in [5.74, 6) is 0.526. The van der Waals surface area contributed by atoms with Crippen molar-refractivity contribution in [2.45, 2.75) is 295 Å². The molecule has 0 heterocycles. The number of Topliss-reactive ketones (excluding diaryl/α,β-unsaturated/α-hetero) is 2. The normalized spacial score (nSPS) is 5.41. The molecule has 2 aromatic carbocycles. The van der Waals surface area contributed by atoms with E-state index in [1.165, 1.54) is 20.3 Å². The van der Waals surface area contributed by atoms with E-state index < -0.39 is 0 Å². The molecule has 2 rings (SSSR count). The van der Waals surface area contributed by atoms with Gasteiger partial charge in [0, 0.05) is 340 Å². The van der Waals surface area contributed by atoms with Crippen LogP contribution in [0.2, 0.25) is 0 Å². The van der Waals surface area contributed by atoms with Gasteiger partial charge in [0.15, 0.2) is 23.0 Å². The number of nitrogens with two attached hydrogens (primary N) is 1. The predicted molar refractivity (Wildman–Crippen MR) is 336 cm³/mol. The smallest absolute Gasteiger partial charge is 0.160 e. The van der Waals surface area contributed by atoms with Gasteiger partial charge >= 0.3 is 0 Å². The first-order chi connectivity index (χ1) is 32.4. The van der Waals surface area contributed by atoms with Crippen LogP contribution in [-0.2, 0) is 356 Å². The van der Waals surface area contributed by atoms with Crippen LogP contribution in [0.5, 0.6) is 23.0 Å². The molecule has 0 fully saturated rings. The molecule has 8 nitrogen and oxygen atoms in total. The van der Waals surface area contributed by atoms with Gasteiger partial charge < -0.3 is 39.0 Å². The van der Waals surface area contributed by atoms with Crippen LogP contribution < -0.4 is 21.4 Å². The number of methoxy groups -OCH3 is 2. The molecule has 0 bridgehead atoms. The Balaban J connectivity index is -0.0000000152. The summed E-state index contributed by atoms with van der Waals surface area (Å²) in [5.41, 5.74) is 8.24. The van der Waals surface area contributed by atoms with Crippen LogP contribution in [0.1, 0.15) is 293 Å². The van der Waals surface area contributed by atoms with E-state index >= 15 is 0 Å². The van der Waals surface area contributed by atoms with Gasteiger partial charge in [0.25, 0.3) is 0 Å². The van der Waals surface area contributed by atoms with Crippen LogP contribution in [0.25, 0.3) is 0 Å². The van der Waals surface area contributed by atoms with Gasteiger partial charge in [-0.2, -0.15) is 0 Å². The van der Waals surface area contributed by atoms with Gasteiger partial charge in [0.1, 0.15) is 11.6 Å². The molecule has 79 heavy (non-hydrogen) atoms. The fourth-order valence-electron chi connectivity index (χ4n) is 3.27. The number of aryl methyl sites for hydroxylation is 2. The molecule has 7 N–H and O–H groups in total. The van der Waals surface area contributed by atoms with Crippen molar-refractivity contribution in [1.29, 1.82) is 0 Å². The second kappa shape index (κ2) is 259. The molecule has 0 spiro atoms. The van der Waals surface area contributed by atoms with Crippen LogP contribution >= 0.6 is 0 Å².